The number of halogens is 2. The van der Waals surface area contributed by atoms with E-state index in [2.05, 4.69) is 4.99 Å². The van der Waals surface area contributed by atoms with Gasteiger partial charge in [0.25, 0.3) is 0 Å². The van der Waals surface area contributed by atoms with Crippen molar-refractivity contribution in [1.29, 1.82) is 0 Å². The Balaban J connectivity index is 0.00000456. The van der Waals surface area contributed by atoms with Crippen LogP contribution in [-0.4, -0.2) is 28.8 Å². The molecule has 1 atom stereocenters. The fraction of sp³-hybridized carbons (Fsp3) is 0.154. The second kappa shape index (κ2) is 13.3. The Labute approximate surface area is 219 Å². The summed E-state index contributed by atoms with van der Waals surface area (Å²) in [7, 11) is 0. The van der Waals surface area contributed by atoms with Crippen molar-refractivity contribution in [1.82, 2.24) is 0 Å². The highest BCUT2D eigenvalue weighted by atomic mass is 35.5. The van der Waals surface area contributed by atoms with Crippen molar-refractivity contribution in [3.8, 4) is 5.75 Å². The van der Waals surface area contributed by atoms with E-state index in [1.165, 1.54) is 24.3 Å². The highest BCUT2D eigenvalue weighted by molar-refractivity contribution is 6.31. The van der Waals surface area contributed by atoms with Crippen LogP contribution in [0.3, 0.4) is 0 Å². The third-order valence-corrected chi connectivity index (χ3v) is 5.48. The standard InChI is InChI=1S/C26H24ClN3O5.ClH/c27-23-15-22(35-25(34)17-6-9-20(10-7-17)30-26(28)29)11-8-18(23)13-21(31)14-19(24(32)33)12-16-4-2-1-3-5-16;/h1-11,15,19H,12-14H2,(H,32,33)(H4,28,29,30);1H/t19-;/m1./s1. The first-order valence-corrected chi connectivity index (χ1v) is 11.1. The zero-order valence-electron chi connectivity index (χ0n) is 19.1. The normalized spacial score (nSPS) is 11.0. The van der Waals surface area contributed by atoms with Gasteiger partial charge >= 0.3 is 11.9 Å². The summed E-state index contributed by atoms with van der Waals surface area (Å²) in [5.74, 6) is -2.60. The molecule has 0 aromatic heterocycles. The number of aliphatic carboxylic acids is 1. The Kier molecular flexibility index (Phi) is 10.5. The van der Waals surface area contributed by atoms with Crippen molar-refractivity contribution in [2.24, 2.45) is 22.4 Å². The number of carbonyl (C=O) groups is 3. The third-order valence-electron chi connectivity index (χ3n) is 5.13. The number of ether oxygens (including phenoxy) is 1. The number of hydrogen-bond donors (Lipinski definition) is 3. The lowest BCUT2D eigenvalue weighted by Crippen LogP contribution is -2.21. The van der Waals surface area contributed by atoms with Crippen LogP contribution < -0.4 is 16.2 Å². The monoisotopic (exact) mass is 529 g/mol. The summed E-state index contributed by atoms with van der Waals surface area (Å²) in [6, 6.07) is 19.9. The fourth-order valence-electron chi connectivity index (χ4n) is 3.43. The van der Waals surface area contributed by atoms with E-state index < -0.39 is 17.9 Å². The molecule has 5 N–H and O–H groups in total. The van der Waals surface area contributed by atoms with Crippen LogP contribution in [0.25, 0.3) is 0 Å². The average molecular weight is 530 g/mol. The van der Waals surface area contributed by atoms with Gasteiger partial charge in [0.05, 0.1) is 17.2 Å². The van der Waals surface area contributed by atoms with Gasteiger partial charge < -0.3 is 21.3 Å². The molecule has 0 unspecified atom stereocenters. The molecule has 0 aliphatic heterocycles. The number of Topliss-reactive ketones (excluding diaryl/α,β-unsaturated/α-hetero) is 1. The minimum atomic E-state index is -1.03. The van der Waals surface area contributed by atoms with Crippen molar-refractivity contribution in [3.63, 3.8) is 0 Å². The van der Waals surface area contributed by atoms with E-state index in [1.54, 1.807) is 18.2 Å². The van der Waals surface area contributed by atoms with Crippen LogP contribution in [0.15, 0.2) is 77.8 Å². The summed E-state index contributed by atoms with van der Waals surface area (Å²) in [5.41, 5.74) is 12.8. The van der Waals surface area contributed by atoms with Crippen LogP contribution in [0.1, 0.15) is 27.9 Å². The Morgan fingerprint density at radius 3 is 2.22 bits per heavy atom. The van der Waals surface area contributed by atoms with E-state index in [1.807, 2.05) is 30.3 Å². The SMILES string of the molecule is Cl.NC(N)=Nc1ccc(C(=O)Oc2ccc(CC(=O)C[C@@H](Cc3ccccc3)C(=O)O)c(Cl)c2)cc1. The van der Waals surface area contributed by atoms with Crippen LogP contribution >= 0.6 is 24.0 Å². The van der Waals surface area contributed by atoms with Crippen molar-refractivity contribution in [2.45, 2.75) is 19.3 Å². The number of nitrogens with zero attached hydrogens (tertiary/aromatic N) is 1. The first-order valence-electron chi connectivity index (χ1n) is 10.7. The zero-order chi connectivity index (χ0) is 25.4. The molecule has 0 amide bonds. The number of esters is 1. The van der Waals surface area contributed by atoms with Gasteiger partial charge in [0.15, 0.2) is 5.96 Å². The molecule has 0 aliphatic carbocycles. The van der Waals surface area contributed by atoms with E-state index in [0.717, 1.165) is 5.56 Å². The maximum absolute atomic E-state index is 12.6. The maximum atomic E-state index is 12.6. The van der Waals surface area contributed by atoms with Crippen LogP contribution in [0.2, 0.25) is 5.02 Å². The first-order chi connectivity index (χ1) is 16.7. The first kappa shape index (κ1) is 28.4. The summed E-state index contributed by atoms with van der Waals surface area (Å²) in [6.45, 7) is 0. The molecule has 0 saturated heterocycles. The smallest absolute Gasteiger partial charge is 0.343 e. The fourth-order valence-corrected chi connectivity index (χ4v) is 3.66. The van der Waals surface area contributed by atoms with Gasteiger partial charge in [-0.05, 0) is 53.9 Å². The molecule has 0 spiro atoms. The lowest BCUT2D eigenvalue weighted by atomic mass is 9.92. The summed E-state index contributed by atoms with van der Waals surface area (Å²) in [5, 5.41) is 9.77. The quantitative estimate of drug-likeness (QED) is 0.153. The second-order valence-electron chi connectivity index (χ2n) is 7.87. The average Bonchev–Trinajstić information content (AvgIpc) is 2.81. The lowest BCUT2D eigenvalue weighted by molar-refractivity contribution is -0.143. The van der Waals surface area contributed by atoms with Gasteiger partial charge in [-0.2, -0.15) is 0 Å². The zero-order valence-corrected chi connectivity index (χ0v) is 20.7. The van der Waals surface area contributed by atoms with E-state index in [-0.39, 0.29) is 59.7 Å². The van der Waals surface area contributed by atoms with Crippen LogP contribution in [0.5, 0.6) is 5.75 Å². The number of carboxylic acid groups (broad SMARTS) is 1. The van der Waals surface area contributed by atoms with Gasteiger partial charge in [-0.15, -0.1) is 12.4 Å². The maximum Gasteiger partial charge on any atom is 0.343 e. The molecule has 36 heavy (non-hydrogen) atoms. The van der Waals surface area contributed by atoms with Crippen LogP contribution in [0.4, 0.5) is 5.69 Å². The number of hydrogen-bond acceptors (Lipinski definition) is 5. The molecule has 0 heterocycles. The number of aliphatic imine (C=N–C) groups is 1. The lowest BCUT2D eigenvalue weighted by Gasteiger charge is -2.12. The molecule has 0 saturated carbocycles. The molecular weight excluding hydrogens is 505 g/mol. The highest BCUT2D eigenvalue weighted by Crippen LogP contribution is 2.25. The van der Waals surface area contributed by atoms with E-state index in [4.69, 9.17) is 27.8 Å². The minimum Gasteiger partial charge on any atom is -0.481 e. The molecule has 3 aromatic carbocycles. The summed E-state index contributed by atoms with van der Waals surface area (Å²) in [6.07, 6.45) is 0.114. The van der Waals surface area contributed by atoms with Crippen molar-refractivity contribution < 1.29 is 24.2 Å². The number of carboxylic acids is 1. The number of guanidine groups is 1. The molecule has 0 aliphatic rings. The third kappa shape index (κ3) is 8.41. The molecule has 0 fully saturated rings. The van der Waals surface area contributed by atoms with E-state index >= 15 is 0 Å². The molecule has 0 radical (unpaired) electrons. The predicted octanol–water partition coefficient (Wildman–Crippen LogP) is 4.33. The van der Waals surface area contributed by atoms with Crippen molar-refractivity contribution in [3.05, 3.63) is 94.5 Å². The number of benzene rings is 3. The molecule has 188 valence electrons. The van der Waals surface area contributed by atoms with Crippen molar-refractivity contribution >= 4 is 53.4 Å². The predicted molar refractivity (Wildman–Crippen MR) is 140 cm³/mol. The Hall–Kier alpha value is -3.88. The minimum absolute atomic E-state index is 0. The van der Waals surface area contributed by atoms with Gasteiger partial charge in [0.2, 0.25) is 0 Å². The molecule has 8 nitrogen and oxygen atoms in total. The Morgan fingerprint density at radius 2 is 1.64 bits per heavy atom. The highest BCUT2D eigenvalue weighted by Gasteiger charge is 2.22. The topological polar surface area (TPSA) is 145 Å². The van der Waals surface area contributed by atoms with Gasteiger partial charge in [0, 0.05) is 17.9 Å². The van der Waals surface area contributed by atoms with Crippen LogP contribution in [-0.2, 0) is 22.4 Å². The Bertz CT molecular complexity index is 1240. The molecule has 3 rings (SSSR count). The van der Waals surface area contributed by atoms with Gasteiger partial charge in [-0.25, -0.2) is 9.79 Å². The summed E-state index contributed by atoms with van der Waals surface area (Å²) >= 11 is 6.30. The number of carbonyl (C=O) groups excluding carboxylic acids is 2. The van der Waals surface area contributed by atoms with Crippen LogP contribution in [0, 0.1) is 5.92 Å². The van der Waals surface area contributed by atoms with Gasteiger partial charge in [-0.1, -0.05) is 48.0 Å². The van der Waals surface area contributed by atoms with E-state index in [0.29, 0.717) is 11.3 Å². The van der Waals surface area contributed by atoms with E-state index in [9.17, 15) is 19.5 Å². The molecule has 0 bridgehead atoms. The molecule has 10 heteroatoms. The largest absolute Gasteiger partial charge is 0.481 e. The number of nitrogens with two attached hydrogens (primary N) is 2. The number of ketones is 1. The second-order valence-corrected chi connectivity index (χ2v) is 8.28. The van der Waals surface area contributed by atoms with Crippen molar-refractivity contribution in [2.75, 3.05) is 0 Å². The molecular formula is C26H25Cl2N3O5. The Morgan fingerprint density at radius 1 is 0.972 bits per heavy atom. The molecule has 3 aromatic rings. The summed E-state index contributed by atoms with van der Waals surface area (Å²) in [4.78, 5) is 40.5. The number of rotatable bonds is 10. The van der Waals surface area contributed by atoms with Gasteiger partial charge in [0.1, 0.15) is 11.5 Å². The van der Waals surface area contributed by atoms with Gasteiger partial charge in [-0.3, -0.25) is 9.59 Å². The summed E-state index contributed by atoms with van der Waals surface area (Å²) < 4.78 is 5.35.